The first-order chi connectivity index (χ1) is 28.3. The van der Waals surface area contributed by atoms with Crippen molar-refractivity contribution >= 4 is 75.1 Å². The number of nitrogens with zero attached hydrogens (tertiary/aromatic N) is 2. The summed E-state index contributed by atoms with van der Waals surface area (Å²) in [4.78, 5) is 0. The van der Waals surface area contributed by atoms with Crippen LogP contribution < -0.4 is 0 Å². The van der Waals surface area contributed by atoms with Crippen molar-refractivity contribution in [3.63, 3.8) is 0 Å². The normalized spacial score (nSPS) is 11.9. The summed E-state index contributed by atoms with van der Waals surface area (Å²) >= 11 is 1.90. The van der Waals surface area contributed by atoms with E-state index in [9.17, 15) is 0 Å². The molecule has 9 aromatic carbocycles. The van der Waals surface area contributed by atoms with Crippen molar-refractivity contribution in [2.45, 2.75) is 0 Å². The second-order valence-electron chi connectivity index (χ2n) is 14.9. The standard InChI is InChI=1S/C54H34N2S/c1-3-12-35(13-4-1)37-22-26-41(27-23-37)56-51-31-25-40(34-48(51)45-28-29-46-44-19-8-10-21-52(44)57-54(46)53(45)56)39-24-30-50-47(33-39)43-18-7-9-20-49(43)55(50)42-17-11-16-38(32-42)36-14-5-2-6-15-36/h1-34H. The van der Waals surface area contributed by atoms with Crippen LogP contribution in [0.25, 0.3) is 109 Å². The summed E-state index contributed by atoms with van der Waals surface area (Å²) in [5.41, 5.74) is 14.5. The Morgan fingerprint density at radius 3 is 1.56 bits per heavy atom. The third-order valence-corrected chi connectivity index (χ3v) is 12.9. The molecule has 0 aliphatic carbocycles. The summed E-state index contributed by atoms with van der Waals surface area (Å²) in [6, 6.07) is 75.6. The van der Waals surface area contributed by atoms with E-state index in [1.54, 1.807) is 0 Å². The van der Waals surface area contributed by atoms with Crippen LogP contribution in [0.2, 0.25) is 0 Å². The zero-order valence-corrected chi connectivity index (χ0v) is 31.7. The van der Waals surface area contributed by atoms with Gasteiger partial charge in [0.25, 0.3) is 0 Å². The smallest absolute Gasteiger partial charge is 0.0719 e. The van der Waals surface area contributed by atoms with Crippen LogP contribution in [0, 0.1) is 0 Å². The van der Waals surface area contributed by atoms with Crippen LogP contribution in [-0.4, -0.2) is 9.13 Å². The predicted molar refractivity (Wildman–Crippen MR) is 244 cm³/mol. The second-order valence-corrected chi connectivity index (χ2v) is 16.0. The molecule has 0 fully saturated rings. The first-order valence-electron chi connectivity index (χ1n) is 19.5. The van der Waals surface area contributed by atoms with Crippen LogP contribution in [0.15, 0.2) is 206 Å². The lowest BCUT2D eigenvalue weighted by atomic mass is 10.0. The highest BCUT2D eigenvalue weighted by Crippen LogP contribution is 2.44. The summed E-state index contributed by atoms with van der Waals surface area (Å²) in [7, 11) is 0. The van der Waals surface area contributed by atoms with Crippen molar-refractivity contribution in [1.29, 1.82) is 0 Å². The van der Waals surface area contributed by atoms with E-state index in [4.69, 9.17) is 0 Å². The molecule has 0 bridgehead atoms. The molecular weight excluding hydrogens is 709 g/mol. The molecule has 0 spiro atoms. The molecule has 2 nitrogen and oxygen atoms in total. The number of hydrogen-bond donors (Lipinski definition) is 0. The fourth-order valence-electron chi connectivity index (χ4n) is 9.05. The van der Waals surface area contributed by atoms with E-state index in [1.165, 1.54) is 97.2 Å². The Morgan fingerprint density at radius 2 is 0.807 bits per heavy atom. The molecule has 3 heteroatoms. The number of hydrogen-bond acceptors (Lipinski definition) is 1. The molecule has 0 amide bonds. The van der Waals surface area contributed by atoms with Gasteiger partial charge in [-0.15, -0.1) is 11.3 Å². The summed E-state index contributed by atoms with van der Waals surface area (Å²) in [5.74, 6) is 0. The van der Waals surface area contributed by atoms with Crippen molar-refractivity contribution < 1.29 is 0 Å². The van der Waals surface area contributed by atoms with Crippen molar-refractivity contribution in [2.24, 2.45) is 0 Å². The minimum Gasteiger partial charge on any atom is -0.309 e. The largest absolute Gasteiger partial charge is 0.309 e. The fourth-order valence-corrected chi connectivity index (χ4v) is 10.3. The van der Waals surface area contributed by atoms with Gasteiger partial charge in [-0.05, 0) is 94.0 Å². The Balaban J connectivity index is 1.05. The van der Waals surface area contributed by atoms with Crippen LogP contribution in [-0.2, 0) is 0 Å². The molecule has 266 valence electrons. The number of aromatic nitrogens is 2. The molecule has 12 rings (SSSR count). The van der Waals surface area contributed by atoms with Gasteiger partial charge in [-0.3, -0.25) is 0 Å². The number of rotatable bonds is 5. The van der Waals surface area contributed by atoms with Gasteiger partial charge in [0.1, 0.15) is 0 Å². The van der Waals surface area contributed by atoms with Crippen LogP contribution in [0.5, 0.6) is 0 Å². The van der Waals surface area contributed by atoms with Gasteiger partial charge in [0, 0.05) is 48.4 Å². The lowest BCUT2D eigenvalue weighted by molar-refractivity contribution is 1.18. The van der Waals surface area contributed by atoms with Crippen molar-refractivity contribution in [3.8, 4) is 44.8 Å². The van der Waals surface area contributed by atoms with Gasteiger partial charge in [0.05, 0.1) is 26.8 Å². The molecule has 0 aliphatic heterocycles. The van der Waals surface area contributed by atoms with Crippen LogP contribution in [0.4, 0.5) is 0 Å². The lowest BCUT2D eigenvalue weighted by Gasteiger charge is -2.11. The van der Waals surface area contributed by atoms with Crippen molar-refractivity contribution in [3.05, 3.63) is 206 Å². The van der Waals surface area contributed by atoms with E-state index in [0.29, 0.717) is 0 Å². The maximum absolute atomic E-state index is 2.49. The highest BCUT2D eigenvalue weighted by atomic mass is 32.1. The van der Waals surface area contributed by atoms with E-state index in [1.807, 2.05) is 11.3 Å². The summed E-state index contributed by atoms with van der Waals surface area (Å²) in [6.45, 7) is 0. The number of fused-ring (bicyclic) bond motifs is 10. The van der Waals surface area contributed by atoms with Gasteiger partial charge in [0.15, 0.2) is 0 Å². The van der Waals surface area contributed by atoms with E-state index in [-0.39, 0.29) is 0 Å². The van der Waals surface area contributed by atoms with Gasteiger partial charge in [0.2, 0.25) is 0 Å². The molecule has 3 heterocycles. The Hall–Kier alpha value is -7.20. The van der Waals surface area contributed by atoms with Gasteiger partial charge in [-0.25, -0.2) is 0 Å². The van der Waals surface area contributed by atoms with Gasteiger partial charge in [-0.2, -0.15) is 0 Å². The van der Waals surface area contributed by atoms with E-state index < -0.39 is 0 Å². The average molecular weight is 743 g/mol. The van der Waals surface area contributed by atoms with Gasteiger partial charge in [-0.1, -0.05) is 146 Å². The van der Waals surface area contributed by atoms with E-state index in [0.717, 1.165) is 11.4 Å². The van der Waals surface area contributed by atoms with Crippen LogP contribution in [0.3, 0.4) is 0 Å². The maximum Gasteiger partial charge on any atom is 0.0719 e. The molecule has 12 aromatic rings. The van der Waals surface area contributed by atoms with Gasteiger partial charge < -0.3 is 9.13 Å². The Bertz CT molecular complexity index is 3490. The topological polar surface area (TPSA) is 9.86 Å². The summed E-state index contributed by atoms with van der Waals surface area (Å²) in [6.07, 6.45) is 0. The molecule has 0 saturated carbocycles. The zero-order chi connectivity index (χ0) is 37.5. The Morgan fingerprint density at radius 1 is 0.281 bits per heavy atom. The summed E-state index contributed by atoms with van der Waals surface area (Å²) < 4.78 is 7.54. The molecular formula is C54H34N2S. The molecule has 3 aromatic heterocycles. The maximum atomic E-state index is 2.49. The minimum absolute atomic E-state index is 1.16. The van der Waals surface area contributed by atoms with E-state index in [2.05, 4.69) is 215 Å². The first kappa shape index (κ1) is 32.1. The molecule has 0 atom stereocenters. The zero-order valence-electron chi connectivity index (χ0n) is 30.9. The molecule has 0 N–H and O–H groups in total. The third-order valence-electron chi connectivity index (χ3n) is 11.7. The van der Waals surface area contributed by atoms with Crippen molar-refractivity contribution in [1.82, 2.24) is 9.13 Å². The molecule has 0 aliphatic rings. The highest BCUT2D eigenvalue weighted by Gasteiger charge is 2.20. The van der Waals surface area contributed by atoms with Gasteiger partial charge >= 0.3 is 0 Å². The lowest BCUT2D eigenvalue weighted by Crippen LogP contribution is -1.94. The number of thiophene rings is 1. The highest BCUT2D eigenvalue weighted by molar-refractivity contribution is 7.26. The number of benzene rings is 9. The van der Waals surface area contributed by atoms with E-state index >= 15 is 0 Å². The molecule has 57 heavy (non-hydrogen) atoms. The third kappa shape index (κ3) is 5.03. The molecule has 0 saturated heterocycles. The average Bonchev–Trinajstić information content (AvgIpc) is 3.94. The Kier molecular flexibility index (Phi) is 7.13. The quantitative estimate of drug-likeness (QED) is 0.166. The van der Waals surface area contributed by atoms with Crippen molar-refractivity contribution in [2.75, 3.05) is 0 Å². The SMILES string of the molecule is c1ccc(-c2ccc(-n3c4ccc(-c5ccc6c(c5)c5ccccc5n6-c5cccc(-c6ccccc6)c5)cc4c4ccc5c6ccccc6sc5c43)cc2)cc1. The number of para-hydroxylation sites is 1. The van der Waals surface area contributed by atoms with Crippen LogP contribution in [0.1, 0.15) is 0 Å². The predicted octanol–water partition coefficient (Wildman–Crippen LogP) is 15.2. The molecule has 0 unspecified atom stereocenters. The second kappa shape index (κ2) is 12.7. The fraction of sp³-hybridized carbons (Fsp3) is 0. The monoisotopic (exact) mass is 742 g/mol. The molecule has 0 radical (unpaired) electrons. The summed E-state index contributed by atoms with van der Waals surface area (Å²) in [5, 5.41) is 7.66. The Labute approximate surface area is 333 Å². The van der Waals surface area contributed by atoms with Crippen LogP contribution >= 0.6 is 11.3 Å². The minimum atomic E-state index is 1.16. The first-order valence-corrected chi connectivity index (χ1v) is 20.3.